The molecule has 1 heterocycles. The van der Waals surface area contributed by atoms with Gasteiger partial charge in [-0.15, -0.1) is 0 Å². The molecule has 0 spiro atoms. The lowest BCUT2D eigenvalue weighted by molar-refractivity contribution is 0.312. The molecule has 130 valence electrons. The van der Waals surface area contributed by atoms with E-state index in [4.69, 9.17) is 0 Å². The number of likely N-dealkylation sites (N-methyl/N-ethyl adjacent to an activating group) is 1. The third kappa shape index (κ3) is 4.41. The summed E-state index contributed by atoms with van der Waals surface area (Å²) in [5.74, 6) is -0.367. The van der Waals surface area contributed by atoms with Crippen LogP contribution in [0.4, 0.5) is 10.1 Å². The molecular weight excluding hydrogens is 319 g/mol. The van der Waals surface area contributed by atoms with Crippen LogP contribution in [0.3, 0.4) is 0 Å². The normalized spacial score (nSPS) is 18.4. The number of hydrogen-bond donors (Lipinski definition) is 1. The van der Waals surface area contributed by atoms with Crippen LogP contribution in [0, 0.1) is 5.82 Å². The zero-order valence-corrected chi connectivity index (χ0v) is 14.9. The van der Waals surface area contributed by atoms with E-state index in [2.05, 4.69) is 21.6 Å². The van der Waals surface area contributed by atoms with Gasteiger partial charge in [-0.2, -0.15) is 17.4 Å². The van der Waals surface area contributed by atoms with Crippen molar-refractivity contribution >= 4 is 15.9 Å². The number of rotatable bonds is 5. The monoisotopic (exact) mass is 344 g/mol. The molecule has 0 aromatic heterocycles. The van der Waals surface area contributed by atoms with Gasteiger partial charge < -0.3 is 9.80 Å². The molecule has 1 aliphatic heterocycles. The van der Waals surface area contributed by atoms with Crippen LogP contribution in [0.25, 0.3) is 0 Å². The summed E-state index contributed by atoms with van der Waals surface area (Å²) in [5, 5.41) is 0. The molecule has 1 fully saturated rings. The molecule has 1 saturated heterocycles. The Bertz CT molecular complexity index is 643. The largest absolute Gasteiger partial charge is 0.369 e. The fourth-order valence-corrected chi connectivity index (χ4v) is 3.38. The highest BCUT2D eigenvalue weighted by Crippen LogP contribution is 2.28. The molecule has 0 unspecified atom stereocenters. The third-order valence-electron chi connectivity index (χ3n) is 4.11. The summed E-state index contributed by atoms with van der Waals surface area (Å²) in [6.07, 6.45) is 0. The van der Waals surface area contributed by atoms with Crippen molar-refractivity contribution in [1.29, 1.82) is 0 Å². The second kappa shape index (κ2) is 7.12. The van der Waals surface area contributed by atoms with Crippen LogP contribution < -0.4 is 9.62 Å². The van der Waals surface area contributed by atoms with E-state index in [1.54, 1.807) is 13.0 Å². The minimum absolute atomic E-state index is 0.367. The first kappa shape index (κ1) is 18.1. The highest BCUT2D eigenvalue weighted by atomic mass is 32.2. The van der Waals surface area contributed by atoms with Gasteiger partial charge in [-0.25, -0.2) is 4.39 Å². The van der Waals surface area contributed by atoms with Crippen molar-refractivity contribution in [3.8, 4) is 0 Å². The molecule has 0 amide bonds. The second-order valence-corrected chi connectivity index (χ2v) is 8.04. The van der Waals surface area contributed by atoms with Crippen LogP contribution >= 0.6 is 0 Å². The average molecular weight is 344 g/mol. The first-order valence-electron chi connectivity index (χ1n) is 7.63. The third-order valence-corrected chi connectivity index (χ3v) is 5.72. The van der Waals surface area contributed by atoms with E-state index in [0.29, 0.717) is 5.56 Å². The van der Waals surface area contributed by atoms with Gasteiger partial charge in [0.25, 0.3) is 10.2 Å². The molecule has 23 heavy (non-hydrogen) atoms. The Balaban J connectivity index is 2.28. The molecule has 1 atom stereocenters. The number of benzene rings is 1. The highest BCUT2D eigenvalue weighted by Gasteiger charge is 2.23. The topological polar surface area (TPSA) is 55.9 Å². The molecule has 0 bridgehead atoms. The standard InChI is InChI=1S/C15H25FN4O2S/c1-12(17-23(21,22)18(2)3)14-11-13(16)5-6-15(14)20-9-7-19(4)8-10-20/h5-6,11-12,17H,7-10H2,1-4H3/t12-/m1/s1. The van der Waals surface area contributed by atoms with Gasteiger partial charge in [0.15, 0.2) is 0 Å². The van der Waals surface area contributed by atoms with Crippen LogP contribution in [0.15, 0.2) is 18.2 Å². The lowest BCUT2D eigenvalue weighted by Gasteiger charge is -2.36. The van der Waals surface area contributed by atoms with Crippen molar-refractivity contribution in [2.24, 2.45) is 0 Å². The van der Waals surface area contributed by atoms with E-state index >= 15 is 0 Å². The summed E-state index contributed by atoms with van der Waals surface area (Å²) >= 11 is 0. The lowest BCUT2D eigenvalue weighted by atomic mass is 10.0. The quantitative estimate of drug-likeness (QED) is 0.867. The van der Waals surface area contributed by atoms with Crippen LogP contribution in [-0.2, 0) is 10.2 Å². The molecule has 2 rings (SSSR count). The number of anilines is 1. The Morgan fingerprint density at radius 1 is 1.22 bits per heavy atom. The zero-order valence-electron chi connectivity index (χ0n) is 14.1. The number of nitrogens with one attached hydrogen (secondary N) is 1. The van der Waals surface area contributed by atoms with Crippen LogP contribution in [-0.4, -0.2) is 64.9 Å². The maximum atomic E-state index is 13.7. The molecule has 1 aromatic rings. The molecule has 0 aliphatic carbocycles. The van der Waals surface area contributed by atoms with Crippen molar-refractivity contribution < 1.29 is 12.8 Å². The predicted octanol–water partition coefficient (Wildman–Crippen LogP) is 1.03. The summed E-state index contributed by atoms with van der Waals surface area (Å²) in [6, 6.07) is 4.05. The maximum Gasteiger partial charge on any atom is 0.279 e. The summed E-state index contributed by atoms with van der Waals surface area (Å²) < 4.78 is 41.5. The highest BCUT2D eigenvalue weighted by molar-refractivity contribution is 7.87. The first-order chi connectivity index (χ1) is 10.7. The Kier molecular flexibility index (Phi) is 5.61. The lowest BCUT2D eigenvalue weighted by Crippen LogP contribution is -2.45. The summed E-state index contributed by atoms with van der Waals surface area (Å²) in [5.41, 5.74) is 1.54. The molecule has 0 radical (unpaired) electrons. The molecule has 6 nitrogen and oxygen atoms in total. The number of nitrogens with zero attached hydrogens (tertiary/aromatic N) is 3. The van der Waals surface area contributed by atoms with Crippen LogP contribution in [0.5, 0.6) is 0 Å². The Morgan fingerprint density at radius 3 is 2.39 bits per heavy atom. The van der Waals surface area contributed by atoms with Crippen LogP contribution in [0.2, 0.25) is 0 Å². The number of piperazine rings is 1. The summed E-state index contributed by atoms with van der Waals surface area (Å²) in [6.45, 7) is 5.25. The first-order valence-corrected chi connectivity index (χ1v) is 9.07. The van der Waals surface area contributed by atoms with Crippen molar-refractivity contribution in [3.63, 3.8) is 0 Å². The number of hydrogen-bond acceptors (Lipinski definition) is 4. The minimum atomic E-state index is -3.58. The molecule has 8 heteroatoms. The van der Waals surface area contributed by atoms with Gasteiger partial charge in [-0.1, -0.05) is 0 Å². The van der Waals surface area contributed by atoms with E-state index in [-0.39, 0.29) is 5.82 Å². The minimum Gasteiger partial charge on any atom is -0.369 e. The van der Waals surface area contributed by atoms with E-state index in [9.17, 15) is 12.8 Å². The summed E-state index contributed by atoms with van der Waals surface area (Å²) in [4.78, 5) is 4.41. The van der Waals surface area contributed by atoms with Gasteiger partial charge in [0.05, 0.1) is 0 Å². The van der Waals surface area contributed by atoms with Gasteiger partial charge in [0.2, 0.25) is 0 Å². The Hall–Kier alpha value is -1.22. The molecule has 0 saturated carbocycles. The molecule has 1 aromatic carbocycles. The van der Waals surface area contributed by atoms with Gasteiger partial charge in [0.1, 0.15) is 5.82 Å². The molecule has 1 N–H and O–H groups in total. The Morgan fingerprint density at radius 2 is 1.83 bits per heavy atom. The maximum absolute atomic E-state index is 13.7. The van der Waals surface area contributed by atoms with E-state index in [1.807, 2.05) is 0 Å². The zero-order chi connectivity index (χ0) is 17.2. The van der Waals surface area contributed by atoms with Crippen molar-refractivity contribution in [2.75, 3.05) is 52.2 Å². The second-order valence-electron chi connectivity index (χ2n) is 6.12. The van der Waals surface area contributed by atoms with Crippen LogP contribution in [0.1, 0.15) is 18.5 Å². The van der Waals surface area contributed by atoms with Gasteiger partial charge in [0, 0.05) is 52.0 Å². The average Bonchev–Trinajstić information content (AvgIpc) is 2.47. The van der Waals surface area contributed by atoms with Gasteiger partial charge in [-0.3, -0.25) is 0 Å². The van der Waals surface area contributed by atoms with Crippen molar-refractivity contribution in [1.82, 2.24) is 13.9 Å². The predicted molar refractivity (Wildman–Crippen MR) is 90.3 cm³/mol. The van der Waals surface area contributed by atoms with Crippen molar-refractivity contribution in [3.05, 3.63) is 29.6 Å². The molecule has 1 aliphatic rings. The Labute approximate surface area is 138 Å². The van der Waals surface area contributed by atoms with E-state index in [0.717, 1.165) is 36.2 Å². The van der Waals surface area contributed by atoms with E-state index in [1.165, 1.54) is 26.2 Å². The van der Waals surface area contributed by atoms with Gasteiger partial charge >= 0.3 is 0 Å². The number of halogens is 1. The fourth-order valence-electron chi connectivity index (χ4n) is 2.60. The smallest absolute Gasteiger partial charge is 0.279 e. The van der Waals surface area contributed by atoms with Gasteiger partial charge in [-0.05, 0) is 37.7 Å². The van der Waals surface area contributed by atoms with E-state index < -0.39 is 16.3 Å². The molecular formula is C15H25FN4O2S. The fraction of sp³-hybridized carbons (Fsp3) is 0.600. The SMILES string of the molecule is C[C@@H](NS(=O)(=O)N(C)C)c1cc(F)ccc1N1CCN(C)CC1. The summed E-state index contributed by atoms with van der Waals surface area (Å²) in [7, 11) is 1.41. The van der Waals surface area contributed by atoms with Crippen molar-refractivity contribution in [2.45, 2.75) is 13.0 Å².